The minimum absolute atomic E-state index is 0.139. The standard InChI is InChI=1S/C16H18NO2/c1-4-7-12(11(2)3)10-17-15(18)13-8-5-6-9-14(13)16(17)19/h4-6,8-12H,1,7H2,2-3H3. The van der Waals surface area contributed by atoms with Gasteiger partial charge in [0.25, 0.3) is 11.8 Å². The molecule has 1 aromatic rings. The van der Waals surface area contributed by atoms with E-state index in [-0.39, 0.29) is 17.7 Å². The molecule has 1 aliphatic heterocycles. The zero-order valence-electron chi connectivity index (χ0n) is 11.3. The first kappa shape index (κ1) is 13.5. The summed E-state index contributed by atoms with van der Waals surface area (Å²) in [6.07, 6.45) is 2.57. The average molecular weight is 256 g/mol. The lowest BCUT2D eigenvalue weighted by atomic mass is 9.92. The maximum Gasteiger partial charge on any atom is 0.261 e. The molecule has 0 aromatic heterocycles. The van der Waals surface area contributed by atoms with Gasteiger partial charge >= 0.3 is 0 Å². The fourth-order valence-corrected chi connectivity index (χ4v) is 2.23. The number of benzene rings is 1. The van der Waals surface area contributed by atoms with Gasteiger partial charge in [-0.25, -0.2) is 0 Å². The number of rotatable bonds is 5. The summed E-state index contributed by atoms with van der Waals surface area (Å²) in [5, 5.41) is 0. The van der Waals surface area contributed by atoms with Crippen molar-refractivity contribution in [2.45, 2.75) is 20.3 Å². The van der Waals surface area contributed by atoms with E-state index >= 15 is 0 Å². The van der Waals surface area contributed by atoms with Crippen LogP contribution in [0.4, 0.5) is 0 Å². The van der Waals surface area contributed by atoms with Crippen LogP contribution in [0.15, 0.2) is 36.9 Å². The van der Waals surface area contributed by atoms with Crippen LogP contribution in [0, 0.1) is 18.4 Å². The molecule has 3 heteroatoms. The van der Waals surface area contributed by atoms with Gasteiger partial charge in [0.1, 0.15) is 0 Å². The second-order valence-corrected chi connectivity index (χ2v) is 5.11. The quantitative estimate of drug-likeness (QED) is 0.599. The molecule has 1 radical (unpaired) electrons. The Hall–Kier alpha value is -1.90. The van der Waals surface area contributed by atoms with Crippen LogP contribution in [0.2, 0.25) is 0 Å². The molecule has 99 valence electrons. The van der Waals surface area contributed by atoms with Crippen molar-refractivity contribution in [1.82, 2.24) is 4.90 Å². The summed E-state index contributed by atoms with van der Waals surface area (Å²) >= 11 is 0. The van der Waals surface area contributed by atoms with Crippen LogP contribution in [-0.2, 0) is 0 Å². The number of amides is 2. The highest BCUT2D eigenvalue weighted by Gasteiger charge is 2.36. The smallest absolute Gasteiger partial charge is 0.261 e. The second kappa shape index (κ2) is 5.39. The number of nitrogens with zero attached hydrogens (tertiary/aromatic N) is 1. The molecular weight excluding hydrogens is 238 g/mol. The number of carbonyl (C=O) groups is 2. The molecule has 1 aliphatic rings. The molecule has 0 bridgehead atoms. The molecular formula is C16H18NO2. The van der Waals surface area contributed by atoms with E-state index in [1.165, 1.54) is 4.90 Å². The lowest BCUT2D eigenvalue weighted by Crippen LogP contribution is -2.31. The first-order chi connectivity index (χ1) is 9.06. The third-order valence-corrected chi connectivity index (χ3v) is 3.46. The highest BCUT2D eigenvalue weighted by molar-refractivity contribution is 6.21. The van der Waals surface area contributed by atoms with E-state index in [1.807, 2.05) is 6.08 Å². The minimum Gasteiger partial charge on any atom is -0.269 e. The van der Waals surface area contributed by atoms with Crippen molar-refractivity contribution >= 4 is 11.8 Å². The van der Waals surface area contributed by atoms with E-state index < -0.39 is 0 Å². The zero-order valence-corrected chi connectivity index (χ0v) is 11.3. The molecule has 2 amide bonds. The molecule has 1 aromatic carbocycles. The Morgan fingerprint density at radius 3 is 2.11 bits per heavy atom. The van der Waals surface area contributed by atoms with Gasteiger partial charge in [-0.05, 0) is 30.4 Å². The van der Waals surface area contributed by atoms with Crippen molar-refractivity contribution < 1.29 is 9.59 Å². The Morgan fingerprint density at radius 1 is 1.16 bits per heavy atom. The lowest BCUT2D eigenvalue weighted by molar-refractivity contribution is 0.0672. The number of fused-ring (bicyclic) bond motifs is 1. The van der Waals surface area contributed by atoms with Crippen LogP contribution >= 0.6 is 0 Å². The van der Waals surface area contributed by atoms with Crippen LogP contribution < -0.4 is 0 Å². The summed E-state index contributed by atoms with van der Waals surface area (Å²) in [7, 11) is 0. The van der Waals surface area contributed by atoms with Crippen molar-refractivity contribution in [3.63, 3.8) is 0 Å². The Labute approximate surface area is 113 Å². The molecule has 0 fully saturated rings. The van der Waals surface area contributed by atoms with Gasteiger partial charge in [-0.2, -0.15) is 0 Å². The van der Waals surface area contributed by atoms with Crippen LogP contribution in [0.5, 0.6) is 0 Å². The molecule has 0 saturated heterocycles. The van der Waals surface area contributed by atoms with Crippen molar-refractivity contribution in [3.8, 4) is 0 Å². The van der Waals surface area contributed by atoms with E-state index in [4.69, 9.17) is 0 Å². The zero-order chi connectivity index (χ0) is 14.0. The van der Waals surface area contributed by atoms with Crippen molar-refractivity contribution in [2.24, 2.45) is 11.8 Å². The largest absolute Gasteiger partial charge is 0.269 e. The summed E-state index contributed by atoms with van der Waals surface area (Å²) in [5.74, 6) is 0.0349. The average Bonchev–Trinajstić information content (AvgIpc) is 2.63. The molecule has 1 unspecified atom stereocenters. The maximum absolute atomic E-state index is 12.2. The SMILES string of the molecule is C=CCC([CH]N1C(=O)c2ccccc2C1=O)C(C)C. The Bertz CT molecular complexity index is 484. The highest BCUT2D eigenvalue weighted by Crippen LogP contribution is 2.28. The van der Waals surface area contributed by atoms with Gasteiger partial charge in [0.05, 0.1) is 17.7 Å². The molecule has 19 heavy (non-hydrogen) atoms. The van der Waals surface area contributed by atoms with Gasteiger partial charge in [0.15, 0.2) is 0 Å². The third kappa shape index (κ3) is 2.46. The third-order valence-electron chi connectivity index (χ3n) is 3.46. The minimum atomic E-state index is -0.227. The van der Waals surface area contributed by atoms with E-state index in [0.717, 1.165) is 6.42 Å². The monoisotopic (exact) mass is 256 g/mol. The Kier molecular flexibility index (Phi) is 3.84. The summed E-state index contributed by atoms with van der Waals surface area (Å²) in [4.78, 5) is 25.7. The predicted molar refractivity (Wildman–Crippen MR) is 74.4 cm³/mol. The lowest BCUT2D eigenvalue weighted by Gasteiger charge is -2.23. The molecule has 0 spiro atoms. The summed E-state index contributed by atoms with van der Waals surface area (Å²) in [6.45, 7) is 9.62. The van der Waals surface area contributed by atoms with Crippen LogP contribution in [0.3, 0.4) is 0 Å². The van der Waals surface area contributed by atoms with Gasteiger partial charge in [-0.3, -0.25) is 14.5 Å². The summed E-state index contributed by atoms with van der Waals surface area (Å²) in [5.41, 5.74) is 0.981. The van der Waals surface area contributed by atoms with Gasteiger partial charge in [0, 0.05) is 0 Å². The van der Waals surface area contributed by atoms with E-state index in [2.05, 4.69) is 20.4 Å². The molecule has 2 rings (SSSR count). The van der Waals surface area contributed by atoms with Crippen LogP contribution in [-0.4, -0.2) is 16.7 Å². The van der Waals surface area contributed by atoms with E-state index in [0.29, 0.717) is 17.0 Å². The number of hydrogen-bond donors (Lipinski definition) is 0. The van der Waals surface area contributed by atoms with Gasteiger partial charge < -0.3 is 0 Å². The Balaban J connectivity index is 2.22. The van der Waals surface area contributed by atoms with Gasteiger partial charge in [0.2, 0.25) is 0 Å². The normalized spacial score (nSPS) is 15.8. The maximum atomic E-state index is 12.2. The fourth-order valence-electron chi connectivity index (χ4n) is 2.23. The van der Waals surface area contributed by atoms with Crippen molar-refractivity contribution in [2.75, 3.05) is 0 Å². The topological polar surface area (TPSA) is 37.4 Å². The fraction of sp³-hybridized carbons (Fsp3) is 0.312. The van der Waals surface area contributed by atoms with Crippen molar-refractivity contribution in [3.05, 3.63) is 54.6 Å². The first-order valence-electron chi connectivity index (χ1n) is 6.49. The molecule has 1 atom stereocenters. The molecule has 0 saturated carbocycles. The highest BCUT2D eigenvalue weighted by atomic mass is 16.2. The van der Waals surface area contributed by atoms with Gasteiger partial charge in [-0.1, -0.05) is 32.1 Å². The van der Waals surface area contributed by atoms with Crippen LogP contribution in [0.25, 0.3) is 0 Å². The molecule has 3 nitrogen and oxygen atoms in total. The number of hydrogen-bond acceptors (Lipinski definition) is 2. The summed E-state index contributed by atoms with van der Waals surface area (Å²) < 4.78 is 0. The Morgan fingerprint density at radius 2 is 1.68 bits per heavy atom. The predicted octanol–water partition coefficient (Wildman–Crippen LogP) is 3.29. The first-order valence-corrected chi connectivity index (χ1v) is 6.49. The van der Waals surface area contributed by atoms with E-state index in [9.17, 15) is 9.59 Å². The molecule has 0 N–H and O–H groups in total. The number of imide groups is 1. The molecule has 1 heterocycles. The summed E-state index contributed by atoms with van der Waals surface area (Å²) in [6, 6.07) is 6.94. The number of carbonyl (C=O) groups excluding carboxylic acids is 2. The van der Waals surface area contributed by atoms with E-state index in [1.54, 1.807) is 30.8 Å². The molecule has 0 aliphatic carbocycles. The van der Waals surface area contributed by atoms with Crippen molar-refractivity contribution in [1.29, 1.82) is 0 Å². The number of allylic oxidation sites excluding steroid dienone is 1. The second-order valence-electron chi connectivity index (χ2n) is 5.11. The van der Waals surface area contributed by atoms with Crippen LogP contribution in [0.1, 0.15) is 41.0 Å². The van der Waals surface area contributed by atoms with Gasteiger partial charge in [-0.15, -0.1) is 6.58 Å².